The highest BCUT2D eigenvalue weighted by Crippen LogP contribution is 2.23. The van der Waals surface area contributed by atoms with Crippen molar-refractivity contribution in [3.8, 4) is 5.75 Å². The molecule has 2 rings (SSSR count). The average Bonchev–Trinajstić information content (AvgIpc) is 2.36. The number of carbonyl (C=O) groups is 1. The molecule has 0 aliphatic carbocycles. The molecule has 4 N–H and O–H groups in total. The minimum Gasteiger partial charge on any atom is -0.507 e. The maximum absolute atomic E-state index is 12.0. The van der Waals surface area contributed by atoms with Gasteiger partial charge in [0.1, 0.15) is 5.75 Å². The van der Waals surface area contributed by atoms with Gasteiger partial charge in [0, 0.05) is 16.4 Å². The van der Waals surface area contributed by atoms with E-state index < -0.39 is 5.91 Å². The molecule has 4 nitrogen and oxygen atoms in total. The largest absolute Gasteiger partial charge is 0.507 e. The fourth-order valence-corrected chi connectivity index (χ4v) is 1.81. The van der Waals surface area contributed by atoms with Crippen LogP contribution in [0.4, 0.5) is 11.4 Å². The average molecular weight is 277 g/mol. The minimum absolute atomic E-state index is 0.117. The number of hydrogen-bond acceptors (Lipinski definition) is 3. The standard InChI is InChI=1S/C14H13ClN2O2/c1-8-6-10(3-4-12(8)16)17-14(19)11-7-9(15)2-5-13(11)18/h2-7,18H,16H2,1H3,(H,17,19). The van der Waals surface area contributed by atoms with Gasteiger partial charge in [-0.05, 0) is 48.9 Å². The van der Waals surface area contributed by atoms with Crippen LogP contribution in [0.5, 0.6) is 5.75 Å². The van der Waals surface area contributed by atoms with Crippen LogP contribution in [0.2, 0.25) is 5.02 Å². The van der Waals surface area contributed by atoms with E-state index in [1.54, 1.807) is 18.2 Å². The highest BCUT2D eigenvalue weighted by atomic mass is 35.5. The topological polar surface area (TPSA) is 75.3 Å². The van der Waals surface area contributed by atoms with Gasteiger partial charge < -0.3 is 16.2 Å². The van der Waals surface area contributed by atoms with Gasteiger partial charge in [0.05, 0.1) is 5.56 Å². The first-order valence-corrected chi connectivity index (χ1v) is 6.01. The number of nitrogens with two attached hydrogens (primary N) is 1. The van der Waals surface area contributed by atoms with Crippen LogP contribution < -0.4 is 11.1 Å². The number of amides is 1. The highest BCUT2D eigenvalue weighted by Gasteiger charge is 2.12. The van der Waals surface area contributed by atoms with Crippen LogP contribution in [0.1, 0.15) is 15.9 Å². The number of anilines is 2. The van der Waals surface area contributed by atoms with Crippen molar-refractivity contribution < 1.29 is 9.90 Å². The number of rotatable bonds is 2. The summed E-state index contributed by atoms with van der Waals surface area (Å²) in [5.74, 6) is -0.543. The van der Waals surface area contributed by atoms with E-state index in [1.165, 1.54) is 18.2 Å². The fraction of sp³-hybridized carbons (Fsp3) is 0.0714. The molecule has 0 saturated heterocycles. The number of aromatic hydroxyl groups is 1. The lowest BCUT2D eigenvalue weighted by Crippen LogP contribution is -2.12. The third-order valence-electron chi connectivity index (χ3n) is 2.73. The Hall–Kier alpha value is -2.20. The Morgan fingerprint density at radius 1 is 1.26 bits per heavy atom. The van der Waals surface area contributed by atoms with Crippen LogP contribution in [0.25, 0.3) is 0 Å². The molecule has 0 atom stereocenters. The number of phenolic OH excluding ortho intramolecular Hbond substituents is 1. The number of halogens is 1. The first kappa shape index (κ1) is 13.2. The van der Waals surface area contributed by atoms with Crippen molar-refractivity contribution in [2.24, 2.45) is 0 Å². The quantitative estimate of drug-likeness (QED) is 0.737. The van der Waals surface area contributed by atoms with Crippen molar-refractivity contribution in [2.75, 3.05) is 11.1 Å². The molecular formula is C14H13ClN2O2. The van der Waals surface area contributed by atoms with Crippen LogP contribution >= 0.6 is 11.6 Å². The van der Waals surface area contributed by atoms with Gasteiger partial charge in [0.25, 0.3) is 5.91 Å². The SMILES string of the molecule is Cc1cc(NC(=O)c2cc(Cl)ccc2O)ccc1N. The van der Waals surface area contributed by atoms with Gasteiger partial charge in [-0.3, -0.25) is 4.79 Å². The summed E-state index contributed by atoms with van der Waals surface area (Å²) in [6, 6.07) is 9.47. The van der Waals surface area contributed by atoms with Crippen LogP contribution in [-0.4, -0.2) is 11.0 Å². The normalized spacial score (nSPS) is 10.2. The second-order valence-corrected chi connectivity index (χ2v) is 4.62. The lowest BCUT2D eigenvalue weighted by molar-refractivity contribution is 0.102. The summed E-state index contributed by atoms with van der Waals surface area (Å²) in [7, 11) is 0. The summed E-state index contributed by atoms with van der Waals surface area (Å²) in [6.45, 7) is 1.85. The number of benzene rings is 2. The fourth-order valence-electron chi connectivity index (χ4n) is 1.64. The third-order valence-corrected chi connectivity index (χ3v) is 2.97. The summed E-state index contributed by atoms with van der Waals surface area (Å²) < 4.78 is 0. The van der Waals surface area contributed by atoms with Gasteiger partial charge in [-0.1, -0.05) is 11.6 Å². The van der Waals surface area contributed by atoms with Crippen molar-refractivity contribution in [1.82, 2.24) is 0 Å². The van der Waals surface area contributed by atoms with E-state index in [4.69, 9.17) is 17.3 Å². The number of nitrogen functional groups attached to an aromatic ring is 1. The predicted octanol–water partition coefficient (Wildman–Crippen LogP) is 3.19. The summed E-state index contributed by atoms with van der Waals surface area (Å²) in [5, 5.41) is 12.7. The molecule has 0 bridgehead atoms. The van der Waals surface area contributed by atoms with Crippen molar-refractivity contribution in [3.63, 3.8) is 0 Å². The van der Waals surface area contributed by atoms with Crippen LogP contribution in [0.3, 0.4) is 0 Å². The maximum atomic E-state index is 12.0. The van der Waals surface area contributed by atoms with E-state index in [0.29, 0.717) is 16.4 Å². The van der Waals surface area contributed by atoms with E-state index in [0.717, 1.165) is 5.56 Å². The molecule has 1 amide bonds. The van der Waals surface area contributed by atoms with Gasteiger partial charge in [0.2, 0.25) is 0 Å². The summed E-state index contributed by atoms with van der Waals surface area (Å²) in [5.41, 5.74) is 7.96. The molecule has 0 radical (unpaired) electrons. The molecule has 0 heterocycles. The van der Waals surface area contributed by atoms with E-state index in [-0.39, 0.29) is 11.3 Å². The Bertz CT molecular complexity index is 641. The number of carbonyl (C=O) groups excluding carboxylic acids is 1. The molecule has 5 heteroatoms. The molecule has 0 aliphatic heterocycles. The van der Waals surface area contributed by atoms with Crippen molar-refractivity contribution in [3.05, 3.63) is 52.5 Å². The Kier molecular flexibility index (Phi) is 3.62. The number of hydrogen-bond donors (Lipinski definition) is 3. The third kappa shape index (κ3) is 2.98. The minimum atomic E-state index is -0.427. The predicted molar refractivity (Wildman–Crippen MR) is 76.7 cm³/mol. The Balaban J connectivity index is 2.25. The summed E-state index contributed by atoms with van der Waals surface area (Å²) in [6.07, 6.45) is 0. The summed E-state index contributed by atoms with van der Waals surface area (Å²) in [4.78, 5) is 12.0. The van der Waals surface area contributed by atoms with E-state index in [9.17, 15) is 9.90 Å². The zero-order valence-electron chi connectivity index (χ0n) is 10.3. The Morgan fingerprint density at radius 3 is 2.68 bits per heavy atom. The lowest BCUT2D eigenvalue weighted by Gasteiger charge is -2.09. The Labute approximate surface area is 115 Å². The van der Waals surface area contributed by atoms with Gasteiger partial charge in [-0.15, -0.1) is 0 Å². The molecular weight excluding hydrogens is 264 g/mol. The smallest absolute Gasteiger partial charge is 0.259 e. The molecule has 2 aromatic carbocycles. The number of phenols is 1. The van der Waals surface area contributed by atoms with Gasteiger partial charge >= 0.3 is 0 Å². The van der Waals surface area contributed by atoms with Gasteiger partial charge in [-0.25, -0.2) is 0 Å². The van der Waals surface area contributed by atoms with Crippen LogP contribution in [0.15, 0.2) is 36.4 Å². The first-order chi connectivity index (χ1) is 8.97. The molecule has 0 aliphatic rings. The van der Waals surface area contributed by atoms with E-state index in [2.05, 4.69) is 5.32 Å². The van der Waals surface area contributed by atoms with E-state index >= 15 is 0 Å². The lowest BCUT2D eigenvalue weighted by atomic mass is 10.1. The molecule has 0 saturated carbocycles. The second-order valence-electron chi connectivity index (χ2n) is 4.19. The molecule has 0 unspecified atom stereocenters. The molecule has 19 heavy (non-hydrogen) atoms. The molecule has 0 spiro atoms. The van der Waals surface area contributed by atoms with Crippen molar-refractivity contribution >= 4 is 28.9 Å². The van der Waals surface area contributed by atoms with E-state index in [1.807, 2.05) is 6.92 Å². The van der Waals surface area contributed by atoms with Gasteiger partial charge in [0.15, 0.2) is 0 Å². The Morgan fingerprint density at radius 2 is 2.00 bits per heavy atom. The summed E-state index contributed by atoms with van der Waals surface area (Å²) >= 11 is 5.80. The first-order valence-electron chi connectivity index (χ1n) is 5.63. The second kappa shape index (κ2) is 5.20. The number of aryl methyl sites for hydroxylation is 1. The molecule has 2 aromatic rings. The van der Waals surface area contributed by atoms with Crippen molar-refractivity contribution in [2.45, 2.75) is 6.92 Å². The van der Waals surface area contributed by atoms with Crippen LogP contribution in [-0.2, 0) is 0 Å². The molecule has 0 fully saturated rings. The number of nitrogens with one attached hydrogen (secondary N) is 1. The zero-order chi connectivity index (χ0) is 14.0. The van der Waals surface area contributed by atoms with Gasteiger partial charge in [-0.2, -0.15) is 0 Å². The zero-order valence-corrected chi connectivity index (χ0v) is 11.0. The molecule has 98 valence electrons. The monoisotopic (exact) mass is 276 g/mol. The van der Waals surface area contributed by atoms with Crippen LogP contribution in [0, 0.1) is 6.92 Å². The van der Waals surface area contributed by atoms with Crippen molar-refractivity contribution in [1.29, 1.82) is 0 Å². The maximum Gasteiger partial charge on any atom is 0.259 e. The molecule has 0 aromatic heterocycles. The highest BCUT2D eigenvalue weighted by molar-refractivity contribution is 6.31.